The predicted molar refractivity (Wildman–Crippen MR) is 75.7 cm³/mol. The summed E-state index contributed by atoms with van der Waals surface area (Å²) < 4.78 is 26.0. The van der Waals surface area contributed by atoms with Crippen LogP contribution in [-0.4, -0.2) is 36.9 Å². The van der Waals surface area contributed by atoms with E-state index in [4.69, 9.17) is 16.7 Å². The highest BCUT2D eigenvalue weighted by atomic mass is 79.9. The number of sulfonamides is 1. The zero-order valence-electron chi connectivity index (χ0n) is 9.71. The Morgan fingerprint density at radius 3 is 2.63 bits per heavy atom. The molecule has 0 heterocycles. The molecule has 0 aliphatic carbocycles. The van der Waals surface area contributed by atoms with E-state index in [-0.39, 0.29) is 16.5 Å². The van der Waals surface area contributed by atoms with Crippen LogP contribution < -0.4 is 0 Å². The van der Waals surface area contributed by atoms with Gasteiger partial charge < -0.3 is 5.11 Å². The summed E-state index contributed by atoms with van der Waals surface area (Å²) in [5, 5.41) is 8.78. The first kappa shape index (κ1) is 16.2. The molecule has 8 heteroatoms. The number of rotatable bonds is 6. The molecule has 0 radical (unpaired) electrons. The number of hydrogen-bond acceptors (Lipinski definition) is 3. The standard InChI is InChI=1S/C11H11BrClNO4S/c1-2-5-14(7-11(15)16)19(17,18)10-4-3-8(12)6-9(10)13/h2-4,6H,1,5,7H2,(H,15,16). The second kappa shape index (κ2) is 6.51. The summed E-state index contributed by atoms with van der Waals surface area (Å²) in [6.07, 6.45) is 1.31. The van der Waals surface area contributed by atoms with Crippen LogP contribution in [0.15, 0.2) is 40.2 Å². The van der Waals surface area contributed by atoms with Crippen molar-refractivity contribution in [1.29, 1.82) is 0 Å². The Morgan fingerprint density at radius 2 is 2.16 bits per heavy atom. The van der Waals surface area contributed by atoms with Gasteiger partial charge in [-0.1, -0.05) is 33.6 Å². The van der Waals surface area contributed by atoms with Gasteiger partial charge in [-0.2, -0.15) is 4.31 Å². The molecular weight excluding hydrogens is 358 g/mol. The lowest BCUT2D eigenvalue weighted by Gasteiger charge is -2.19. The van der Waals surface area contributed by atoms with E-state index in [0.29, 0.717) is 4.47 Å². The summed E-state index contributed by atoms with van der Waals surface area (Å²) in [4.78, 5) is 10.6. The average molecular weight is 369 g/mol. The minimum Gasteiger partial charge on any atom is -0.480 e. The van der Waals surface area contributed by atoms with Gasteiger partial charge in [-0.15, -0.1) is 6.58 Å². The number of hydrogen-bond donors (Lipinski definition) is 1. The minimum absolute atomic E-state index is 0.0221. The van der Waals surface area contributed by atoms with Crippen LogP contribution in [0.5, 0.6) is 0 Å². The van der Waals surface area contributed by atoms with Gasteiger partial charge in [0.15, 0.2) is 0 Å². The molecule has 5 nitrogen and oxygen atoms in total. The molecular formula is C11H11BrClNO4S. The maximum atomic E-state index is 12.3. The molecule has 1 aromatic rings. The second-order valence-corrected chi connectivity index (χ2v) is 6.78. The third-order valence-electron chi connectivity index (χ3n) is 2.16. The molecule has 0 aliphatic rings. The number of aliphatic carboxylic acids is 1. The van der Waals surface area contributed by atoms with E-state index >= 15 is 0 Å². The fourth-order valence-electron chi connectivity index (χ4n) is 1.37. The maximum absolute atomic E-state index is 12.3. The van der Waals surface area contributed by atoms with Crippen molar-refractivity contribution < 1.29 is 18.3 Å². The third kappa shape index (κ3) is 4.04. The van der Waals surface area contributed by atoms with Gasteiger partial charge in [0.25, 0.3) is 0 Å². The van der Waals surface area contributed by atoms with Gasteiger partial charge in [-0.3, -0.25) is 4.79 Å². The molecule has 0 fully saturated rings. The molecule has 0 saturated carbocycles. The van der Waals surface area contributed by atoms with Crippen LogP contribution >= 0.6 is 27.5 Å². The minimum atomic E-state index is -3.98. The molecule has 0 spiro atoms. The molecule has 1 rings (SSSR count). The fraction of sp³-hybridized carbons (Fsp3) is 0.182. The van der Waals surface area contributed by atoms with Gasteiger partial charge >= 0.3 is 5.97 Å². The van der Waals surface area contributed by atoms with Crippen LogP contribution in [-0.2, 0) is 14.8 Å². The van der Waals surface area contributed by atoms with Gasteiger partial charge in [-0.25, -0.2) is 8.42 Å². The van der Waals surface area contributed by atoms with Crippen molar-refractivity contribution in [3.63, 3.8) is 0 Å². The fourth-order valence-corrected chi connectivity index (χ4v) is 3.74. The Morgan fingerprint density at radius 1 is 1.53 bits per heavy atom. The summed E-state index contributed by atoms with van der Waals surface area (Å²) in [6, 6.07) is 4.27. The smallest absolute Gasteiger partial charge is 0.318 e. The van der Waals surface area contributed by atoms with Crippen molar-refractivity contribution in [2.24, 2.45) is 0 Å². The topological polar surface area (TPSA) is 74.7 Å². The molecule has 0 bridgehead atoms. The molecule has 1 N–H and O–H groups in total. The van der Waals surface area contributed by atoms with Gasteiger partial charge in [0.2, 0.25) is 10.0 Å². The van der Waals surface area contributed by atoms with Crippen LogP contribution in [0.2, 0.25) is 5.02 Å². The Bertz CT molecular complexity index is 603. The van der Waals surface area contributed by atoms with Crippen molar-refractivity contribution in [2.45, 2.75) is 4.90 Å². The lowest BCUT2D eigenvalue weighted by molar-refractivity contribution is -0.137. The lowest BCUT2D eigenvalue weighted by atomic mass is 10.4. The van der Waals surface area contributed by atoms with E-state index in [1.165, 1.54) is 24.3 Å². The second-order valence-electron chi connectivity index (χ2n) is 3.55. The molecule has 0 atom stereocenters. The number of carboxylic acid groups (broad SMARTS) is 1. The molecule has 0 amide bonds. The first-order valence-corrected chi connectivity index (χ1v) is 7.68. The molecule has 0 unspecified atom stereocenters. The highest BCUT2D eigenvalue weighted by Crippen LogP contribution is 2.27. The zero-order chi connectivity index (χ0) is 14.6. The van der Waals surface area contributed by atoms with Crippen molar-refractivity contribution in [3.05, 3.63) is 40.3 Å². The summed E-state index contributed by atoms with van der Waals surface area (Å²) in [5.41, 5.74) is 0. The monoisotopic (exact) mass is 367 g/mol. The quantitative estimate of drug-likeness (QED) is 0.782. The van der Waals surface area contributed by atoms with Crippen LogP contribution in [0.25, 0.3) is 0 Å². The number of carboxylic acids is 1. The molecule has 104 valence electrons. The summed E-state index contributed by atoms with van der Waals surface area (Å²) in [5.74, 6) is -1.25. The molecule has 19 heavy (non-hydrogen) atoms. The van der Waals surface area contributed by atoms with Gasteiger partial charge in [0.05, 0.1) is 5.02 Å². The maximum Gasteiger partial charge on any atom is 0.318 e. The van der Waals surface area contributed by atoms with Crippen LogP contribution in [0, 0.1) is 0 Å². The lowest BCUT2D eigenvalue weighted by Crippen LogP contribution is -2.35. The van der Waals surface area contributed by atoms with Crippen molar-refractivity contribution in [1.82, 2.24) is 4.31 Å². The summed E-state index contributed by atoms with van der Waals surface area (Å²) in [7, 11) is -3.98. The van der Waals surface area contributed by atoms with Gasteiger partial charge in [-0.05, 0) is 18.2 Å². The Balaban J connectivity index is 3.25. The summed E-state index contributed by atoms with van der Waals surface area (Å²) in [6.45, 7) is 2.65. The highest BCUT2D eigenvalue weighted by Gasteiger charge is 2.27. The normalized spacial score (nSPS) is 11.5. The van der Waals surface area contributed by atoms with E-state index in [1.54, 1.807) is 0 Å². The van der Waals surface area contributed by atoms with E-state index in [1.807, 2.05) is 0 Å². The Hall–Kier alpha value is -0.890. The number of halogens is 2. The molecule has 0 aliphatic heterocycles. The van der Waals surface area contributed by atoms with E-state index < -0.39 is 22.5 Å². The number of carbonyl (C=O) groups is 1. The third-order valence-corrected chi connectivity index (χ3v) is 4.94. The SMILES string of the molecule is C=CCN(CC(=O)O)S(=O)(=O)c1ccc(Br)cc1Cl. The molecule has 0 saturated heterocycles. The van der Waals surface area contributed by atoms with E-state index in [2.05, 4.69) is 22.5 Å². The number of nitrogens with zero attached hydrogens (tertiary/aromatic N) is 1. The van der Waals surface area contributed by atoms with Crippen molar-refractivity contribution >= 4 is 43.5 Å². The average Bonchev–Trinajstić information content (AvgIpc) is 2.27. The molecule has 1 aromatic carbocycles. The Kier molecular flexibility index (Phi) is 5.54. The van der Waals surface area contributed by atoms with E-state index in [0.717, 1.165) is 4.31 Å². The number of benzene rings is 1. The van der Waals surface area contributed by atoms with Gasteiger partial charge in [0, 0.05) is 11.0 Å². The van der Waals surface area contributed by atoms with Crippen LogP contribution in [0.1, 0.15) is 0 Å². The largest absolute Gasteiger partial charge is 0.480 e. The first-order valence-electron chi connectivity index (χ1n) is 5.07. The predicted octanol–water partition coefficient (Wildman–Crippen LogP) is 2.36. The van der Waals surface area contributed by atoms with Crippen molar-refractivity contribution in [3.8, 4) is 0 Å². The summed E-state index contributed by atoms with van der Waals surface area (Å²) >= 11 is 9.05. The van der Waals surface area contributed by atoms with E-state index in [9.17, 15) is 13.2 Å². The zero-order valence-corrected chi connectivity index (χ0v) is 12.9. The van der Waals surface area contributed by atoms with Crippen LogP contribution in [0.3, 0.4) is 0 Å². The van der Waals surface area contributed by atoms with Gasteiger partial charge in [0.1, 0.15) is 11.4 Å². The molecule has 0 aromatic heterocycles. The van der Waals surface area contributed by atoms with Crippen LogP contribution in [0.4, 0.5) is 0 Å². The van der Waals surface area contributed by atoms with Crippen molar-refractivity contribution in [2.75, 3.05) is 13.1 Å². The Labute approximate surface area is 124 Å². The first-order chi connectivity index (χ1) is 8.78. The highest BCUT2D eigenvalue weighted by molar-refractivity contribution is 9.10.